The number of amides is 2. The molecular formula is C22H33N5O2. The van der Waals surface area contributed by atoms with Crippen LogP contribution in [-0.2, 0) is 9.59 Å². The second-order valence-corrected chi connectivity index (χ2v) is 8.29. The number of allylic oxidation sites excluding steroid dienone is 2. The number of nitrogens with one attached hydrogen (secondary N) is 3. The van der Waals surface area contributed by atoms with Gasteiger partial charge in [-0.2, -0.15) is 0 Å². The van der Waals surface area contributed by atoms with Gasteiger partial charge in [0, 0.05) is 30.9 Å². The largest absolute Gasteiger partial charge is 0.367 e. The molecule has 7 nitrogen and oxygen atoms in total. The van der Waals surface area contributed by atoms with Crippen LogP contribution in [-0.4, -0.2) is 47.1 Å². The molecule has 0 bridgehead atoms. The summed E-state index contributed by atoms with van der Waals surface area (Å²) in [5.74, 6) is 0.505. The first kappa shape index (κ1) is 22.5. The van der Waals surface area contributed by atoms with Crippen molar-refractivity contribution < 1.29 is 9.59 Å². The minimum Gasteiger partial charge on any atom is -0.367 e. The third-order valence-electron chi connectivity index (χ3n) is 4.63. The van der Waals surface area contributed by atoms with Crippen molar-refractivity contribution in [2.24, 2.45) is 4.99 Å². The van der Waals surface area contributed by atoms with Crippen LogP contribution in [0.3, 0.4) is 0 Å². The molecule has 29 heavy (non-hydrogen) atoms. The topological polar surface area (TPSA) is 85.8 Å². The molecule has 2 rings (SSSR count). The Hall–Kier alpha value is -2.83. The second kappa shape index (κ2) is 9.58. The van der Waals surface area contributed by atoms with Gasteiger partial charge >= 0.3 is 0 Å². The van der Waals surface area contributed by atoms with E-state index in [1.807, 2.05) is 33.8 Å². The number of carbonyl (C=O) groups is 2. The van der Waals surface area contributed by atoms with Gasteiger partial charge in [0.25, 0.3) is 5.91 Å². The summed E-state index contributed by atoms with van der Waals surface area (Å²) in [6, 6.07) is 0.212. The van der Waals surface area contributed by atoms with Crippen molar-refractivity contribution in [2.75, 3.05) is 13.1 Å². The Bertz CT molecular complexity index is 763. The molecule has 1 saturated heterocycles. The number of aliphatic imine (C=N–C) groups is 1. The van der Waals surface area contributed by atoms with Crippen LogP contribution in [0.25, 0.3) is 0 Å². The normalized spacial score (nSPS) is 19.7. The zero-order valence-corrected chi connectivity index (χ0v) is 18.0. The summed E-state index contributed by atoms with van der Waals surface area (Å²) in [7, 11) is 0. The molecule has 7 heteroatoms. The van der Waals surface area contributed by atoms with Gasteiger partial charge in [-0.25, -0.2) is 4.99 Å². The molecule has 0 radical (unpaired) electrons. The van der Waals surface area contributed by atoms with Gasteiger partial charge in [0.1, 0.15) is 11.5 Å². The van der Waals surface area contributed by atoms with E-state index in [9.17, 15) is 9.59 Å². The van der Waals surface area contributed by atoms with E-state index in [0.717, 1.165) is 25.1 Å². The molecule has 0 aromatic heterocycles. The van der Waals surface area contributed by atoms with Crippen LogP contribution in [0, 0.1) is 0 Å². The first-order chi connectivity index (χ1) is 13.6. The smallest absolute Gasteiger partial charge is 0.255 e. The van der Waals surface area contributed by atoms with Crippen molar-refractivity contribution in [3.63, 3.8) is 0 Å². The predicted octanol–water partition coefficient (Wildman–Crippen LogP) is 2.36. The molecule has 0 aliphatic carbocycles. The summed E-state index contributed by atoms with van der Waals surface area (Å²) < 4.78 is 0. The lowest BCUT2D eigenvalue weighted by molar-refractivity contribution is -0.127. The summed E-state index contributed by atoms with van der Waals surface area (Å²) in [6.45, 7) is 16.8. The van der Waals surface area contributed by atoms with Gasteiger partial charge in [-0.3, -0.25) is 9.59 Å². The van der Waals surface area contributed by atoms with Gasteiger partial charge in [0.2, 0.25) is 5.91 Å². The SMILES string of the molecule is C=CC(=O)N1CCC(NC(=C/CC)/N=C2\C(=C)NC=C2C(=O)NC(C)(C)C)CC1. The monoisotopic (exact) mass is 399 g/mol. The van der Waals surface area contributed by atoms with Crippen LogP contribution in [0.5, 0.6) is 0 Å². The van der Waals surface area contributed by atoms with Gasteiger partial charge in [-0.15, -0.1) is 0 Å². The molecule has 2 aliphatic rings. The van der Waals surface area contributed by atoms with Crippen LogP contribution < -0.4 is 16.0 Å². The van der Waals surface area contributed by atoms with Crippen molar-refractivity contribution in [1.82, 2.24) is 20.9 Å². The molecule has 2 aliphatic heterocycles. The van der Waals surface area contributed by atoms with Crippen molar-refractivity contribution in [2.45, 2.75) is 58.5 Å². The highest BCUT2D eigenvalue weighted by Gasteiger charge is 2.27. The number of hydrogen-bond donors (Lipinski definition) is 3. The molecule has 0 spiro atoms. The molecule has 0 unspecified atom stereocenters. The standard InChI is InChI=1S/C22H33N5O2/c1-7-9-18(24-16-10-12-27(13-11-16)19(28)8-2)25-20-15(3)23-14-17(20)21(29)26-22(4,5)6/h8-9,14,16,23-24H,2-3,7,10-13H2,1,4-6H3,(H,26,29)/b18-9-,25-20+. The quantitative estimate of drug-likeness (QED) is 0.599. The number of piperidine rings is 1. The van der Waals surface area contributed by atoms with E-state index in [4.69, 9.17) is 4.99 Å². The van der Waals surface area contributed by atoms with Gasteiger partial charge < -0.3 is 20.9 Å². The first-order valence-electron chi connectivity index (χ1n) is 10.1. The molecule has 1 fully saturated rings. The first-order valence-corrected chi connectivity index (χ1v) is 10.1. The molecule has 158 valence electrons. The summed E-state index contributed by atoms with van der Waals surface area (Å²) in [5, 5.41) is 9.44. The number of hydrogen-bond acceptors (Lipinski definition) is 5. The van der Waals surface area contributed by atoms with Gasteiger partial charge in [0.05, 0.1) is 11.3 Å². The Labute approximate surface area is 173 Å². The van der Waals surface area contributed by atoms with Crippen molar-refractivity contribution >= 4 is 17.5 Å². The average molecular weight is 400 g/mol. The summed E-state index contributed by atoms with van der Waals surface area (Å²) in [5.41, 5.74) is 1.27. The minimum absolute atomic E-state index is 0.0269. The molecule has 2 heterocycles. The van der Waals surface area contributed by atoms with Crippen LogP contribution in [0.1, 0.15) is 47.0 Å². The van der Waals surface area contributed by atoms with Crippen molar-refractivity contribution in [1.29, 1.82) is 0 Å². The van der Waals surface area contributed by atoms with Gasteiger partial charge in [-0.05, 0) is 52.2 Å². The highest BCUT2D eigenvalue weighted by atomic mass is 16.2. The number of carbonyl (C=O) groups excluding carboxylic acids is 2. The lowest BCUT2D eigenvalue weighted by Crippen LogP contribution is -2.44. The van der Waals surface area contributed by atoms with Gasteiger partial charge in [0.15, 0.2) is 0 Å². The van der Waals surface area contributed by atoms with E-state index in [-0.39, 0.29) is 23.4 Å². The van der Waals surface area contributed by atoms with Crippen molar-refractivity contribution in [3.05, 3.63) is 48.6 Å². The highest BCUT2D eigenvalue weighted by molar-refractivity contribution is 6.29. The maximum absolute atomic E-state index is 12.6. The zero-order chi connectivity index (χ0) is 21.6. The Morgan fingerprint density at radius 1 is 1.34 bits per heavy atom. The van der Waals surface area contributed by atoms with Crippen LogP contribution in [0.2, 0.25) is 0 Å². The molecule has 2 amide bonds. The van der Waals surface area contributed by atoms with Crippen LogP contribution in [0.4, 0.5) is 0 Å². The van der Waals surface area contributed by atoms with E-state index >= 15 is 0 Å². The Balaban J connectivity index is 2.11. The van der Waals surface area contributed by atoms with E-state index < -0.39 is 0 Å². The fourth-order valence-electron chi connectivity index (χ4n) is 3.20. The number of rotatable bonds is 6. The molecule has 0 aromatic carbocycles. The molecule has 0 saturated carbocycles. The third-order valence-corrected chi connectivity index (χ3v) is 4.63. The zero-order valence-electron chi connectivity index (χ0n) is 18.0. The molecule has 0 aromatic rings. The summed E-state index contributed by atoms with van der Waals surface area (Å²) >= 11 is 0. The Kier molecular flexibility index (Phi) is 7.42. The Morgan fingerprint density at radius 3 is 2.55 bits per heavy atom. The van der Waals surface area contributed by atoms with E-state index in [2.05, 4.69) is 29.1 Å². The molecule has 3 N–H and O–H groups in total. The van der Waals surface area contributed by atoms with E-state index in [0.29, 0.717) is 30.1 Å². The predicted molar refractivity (Wildman–Crippen MR) is 117 cm³/mol. The lowest BCUT2D eigenvalue weighted by atomic mass is 10.0. The van der Waals surface area contributed by atoms with Crippen LogP contribution >= 0.6 is 0 Å². The highest BCUT2D eigenvalue weighted by Crippen LogP contribution is 2.18. The lowest BCUT2D eigenvalue weighted by Gasteiger charge is -2.32. The van der Waals surface area contributed by atoms with Crippen molar-refractivity contribution in [3.8, 4) is 0 Å². The average Bonchev–Trinajstić information content (AvgIpc) is 3.01. The molecular weight excluding hydrogens is 366 g/mol. The third kappa shape index (κ3) is 6.34. The summed E-state index contributed by atoms with van der Waals surface area (Å²) in [4.78, 5) is 30.9. The fourth-order valence-corrected chi connectivity index (χ4v) is 3.20. The Morgan fingerprint density at radius 2 is 2.00 bits per heavy atom. The van der Waals surface area contributed by atoms with Gasteiger partial charge in [-0.1, -0.05) is 20.1 Å². The van der Waals surface area contributed by atoms with E-state index in [1.54, 1.807) is 11.1 Å². The number of likely N-dealkylation sites (tertiary alicyclic amines) is 1. The number of nitrogens with zero attached hydrogens (tertiary/aromatic N) is 2. The summed E-state index contributed by atoms with van der Waals surface area (Å²) in [6.07, 6.45) is 7.47. The minimum atomic E-state index is -0.343. The second-order valence-electron chi connectivity index (χ2n) is 8.29. The maximum Gasteiger partial charge on any atom is 0.255 e. The van der Waals surface area contributed by atoms with E-state index in [1.165, 1.54) is 6.08 Å². The fraction of sp³-hybridized carbons (Fsp3) is 0.500. The maximum atomic E-state index is 12.6. The van der Waals surface area contributed by atoms with Crippen LogP contribution in [0.15, 0.2) is 53.6 Å². The molecule has 0 atom stereocenters.